The van der Waals surface area contributed by atoms with Gasteiger partial charge in [0.25, 0.3) is 0 Å². The summed E-state index contributed by atoms with van der Waals surface area (Å²) in [6.45, 7) is 0.894. The summed E-state index contributed by atoms with van der Waals surface area (Å²) in [5.74, 6) is -1.23. The van der Waals surface area contributed by atoms with Crippen LogP contribution >= 0.6 is 0 Å². The molecule has 21 heavy (non-hydrogen) atoms. The topological polar surface area (TPSA) is 29.3 Å². The highest BCUT2D eigenvalue weighted by Crippen LogP contribution is 2.43. The summed E-state index contributed by atoms with van der Waals surface area (Å²) in [5.41, 5.74) is 6.44. The number of nitrogens with two attached hydrogens (primary N) is 1. The summed E-state index contributed by atoms with van der Waals surface area (Å²) >= 11 is 0. The van der Waals surface area contributed by atoms with Crippen molar-refractivity contribution in [1.29, 1.82) is 0 Å². The van der Waals surface area contributed by atoms with E-state index in [9.17, 15) is 13.2 Å². The zero-order chi connectivity index (χ0) is 15.5. The standard InChI is InChI=1S/C16H23F3N2/c1-21(11-13-6-3-2-4-7-13)15(12-20)9-5-8-14(10-15)16(17,18)19/h2-4,6-7,14H,5,8-12,20H2,1H3. The van der Waals surface area contributed by atoms with E-state index in [1.165, 1.54) is 0 Å². The first-order valence-electron chi connectivity index (χ1n) is 7.39. The van der Waals surface area contributed by atoms with Crippen molar-refractivity contribution in [3.63, 3.8) is 0 Å². The van der Waals surface area contributed by atoms with E-state index < -0.39 is 17.6 Å². The van der Waals surface area contributed by atoms with Crippen LogP contribution in [-0.4, -0.2) is 30.2 Å². The van der Waals surface area contributed by atoms with Gasteiger partial charge in [0, 0.05) is 18.6 Å². The van der Waals surface area contributed by atoms with Gasteiger partial charge in [0.1, 0.15) is 0 Å². The summed E-state index contributed by atoms with van der Waals surface area (Å²) < 4.78 is 39.2. The van der Waals surface area contributed by atoms with Crippen LogP contribution in [0.2, 0.25) is 0 Å². The lowest BCUT2D eigenvalue weighted by atomic mass is 9.74. The van der Waals surface area contributed by atoms with Crippen LogP contribution in [0.15, 0.2) is 30.3 Å². The van der Waals surface area contributed by atoms with E-state index in [0.717, 1.165) is 12.0 Å². The maximum absolute atomic E-state index is 13.1. The molecule has 2 atom stereocenters. The lowest BCUT2D eigenvalue weighted by Crippen LogP contribution is -2.55. The number of alkyl halides is 3. The van der Waals surface area contributed by atoms with Gasteiger partial charge >= 0.3 is 6.18 Å². The van der Waals surface area contributed by atoms with Gasteiger partial charge < -0.3 is 5.73 Å². The molecule has 1 aliphatic carbocycles. The molecule has 2 rings (SSSR count). The van der Waals surface area contributed by atoms with Crippen molar-refractivity contribution in [2.45, 2.75) is 43.9 Å². The van der Waals surface area contributed by atoms with Crippen molar-refractivity contribution in [2.75, 3.05) is 13.6 Å². The molecule has 1 saturated carbocycles. The fourth-order valence-electron chi connectivity index (χ4n) is 3.33. The van der Waals surface area contributed by atoms with E-state index in [0.29, 0.717) is 13.0 Å². The maximum atomic E-state index is 13.1. The van der Waals surface area contributed by atoms with E-state index >= 15 is 0 Å². The van der Waals surface area contributed by atoms with Crippen LogP contribution < -0.4 is 5.73 Å². The van der Waals surface area contributed by atoms with E-state index in [1.54, 1.807) is 0 Å². The molecule has 1 aliphatic rings. The Hall–Kier alpha value is -1.07. The van der Waals surface area contributed by atoms with Crippen molar-refractivity contribution in [1.82, 2.24) is 4.90 Å². The monoisotopic (exact) mass is 300 g/mol. The smallest absolute Gasteiger partial charge is 0.329 e. The van der Waals surface area contributed by atoms with Crippen LogP contribution in [0, 0.1) is 5.92 Å². The van der Waals surface area contributed by atoms with Crippen LogP contribution in [0.5, 0.6) is 0 Å². The molecule has 118 valence electrons. The van der Waals surface area contributed by atoms with Crippen LogP contribution in [0.1, 0.15) is 31.2 Å². The fraction of sp³-hybridized carbons (Fsp3) is 0.625. The first-order valence-corrected chi connectivity index (χ1v) is 7.39. The van der Waals surface area contributed by atoms with Gasteiger partial charge in [0.15, 0.2) is 0 Å². The molecule has 0 saturated heterocycles. The van der Waals surface area contributed by atoms with E-state index in [2.05, 4.69) is 0 Å². The average Bonchev–Trinajstić information content (AvgIpc) is 2.47. The third-order valence-corrected chi connectivity index (χ3v) is 4.74. The Labute approximate surface area is 124 Å². The number of hydrogen-bond acceptors (Lipinski definition) is 2. The molecular formula is C16H23F3N2. The first kappa shape index (κ1) is 16.3. The maximum Gasteiger partial charge on any atom is 0.391 e. The summed E-state index contributed by atoms with van der Waals surface area (Å²) in [7, 11) is 1.89. The lowest BCUT2D eigenvalue weighted by Gasteiger charge is -2.47. The number of benzene rings is 1. The Morgan fingerprint density at radius 2 is 1.95 bits per heavy atom. The third-order valence-electron chi connectivity index (χ3n) is 4.74. The third kappa shape index (κ3) is 3.77. The van der Waals surface area contributed by atoms with Crippen molar-refractivity contribution < 1.29 is 13.2 Å². The minimum absolute atomic E-state index is 0.107. The van der Waals surface area contributed by atoms with Crippen LogP contribution in [0.25, 0.3) is 0 Å². The average molecular weight is 300 g/mol. The highest BCUT2D eigenvalue weighted by molar-refractivity contribution is 5.15. The molecule has 5 heteroatoms. The second-order valence-corrected chi connectivity index (χ2v) is 6.11. The van der Waals surface area contributed by atoms with Gasteiger partial charge in [-0.3, -0.25) is 4.90 Å². The minimum atomic E-state index is -4.12. The second kappa shape index (κ2) is 6.36. The Morgan fingerprint density at radius 3 is 2.52 bits per heavy atom. The largest absolute Gasteiger partial charge is 0.391 e. The molecule has 2 nitrogen and oxygen atoms in total. The molecule has 0 amide bonds. The van der Waals surface area contributed by atoms with Crippen molar-refractivity contribution in [3.8, 4) is 0 Å². The van der Waals surface area contributed by atoms with Crippen molar-refractivity contribution >= 4 is 0 Å². The highest BCUT2D eigenvalue weighted by Gasteiger charge is 2.48. The predicted octanol–water partition coefficient (Wildman–Crippen LogP) is 3.57. The second-order valence-electron chi connectivity index (χ2n) is 6.11. The summed E-state index contributed by atoms with van der Waals surface area (Å²) in [6, 6.07) is 9.80. The van der Waals surface area contributed by atoms with Gasteiger partial charge in [-0.05, 0) is 31.9 Å². The summed E-state index contributed by atoms with van der Waals surface area (Å²) in [6.07, 6.45) is -2.46. The Bertz CT molecular complexity index is 447. The van der Waals surface area contributed by atoms with E-state index in [4.69, 9.17) is 5.73 Å². The van der Waals surface area contributed by atoms with Crippen LogP contribution in [-0.2, 0) is 6.54 Å². The molecule has 0 aromatic heterocycles. The lowest BCUT2D eigenvalue weighted by molar-refractivity contribution is -0.193. The molecule has 2 unspecified atom stereocenters. The molecular weight excluding hydrogens is 277 g/mol. The van der Waals surface area contributed by atoms with E-state index in [1.807, 2.05) is 42.3 Å². The zero-order valence-electron chi connectivity index (χ0n) is 12.4. The van der Waals surface area contributed by atoms with Gasteiger partial charge in [0.2, 0.25) is 0 Å². The number of nitrogens with zero attached hydrogens (tertiary/aromatic N) is 1. The molecule has 0 spiro atoms. The Morgan fingerprint density at radius 1 is 1.29 bits per heavy atom. The predicted molar refractivity (Wildman–Crippen MR) is 77.7 cm³/mol. The summed E-state index contributed by atoms with van der Waals surface area (Å²) in [5, 5.41) is 0. The van der Waals surface area contributed by atoms with Gasteiger partial charge in [-0.2, -0.15) is 13.2 Å². The molecule has 0 aliphatic heterocycles. The number of hydrogen-bond donors (Lipinski definition) is 1. The van der Waals surface area contributed by atoms with Gasteiger partial charge in [-0.1, -0.05) is 36.8 Å². The van der Waals surface area contributed by atoms with E-state index in [-0.39, 0.29) is 19.4 Å². The first-order chi connectivity index (χ1) is 9.87. The number of halogens is 3. The fourth-order valence-corrected chi connectivity index (χ4v) is 3.33. The molecule has 0 radical (unpaired) electrons. The van der Waals surface area contributed by atoms with Gasteiger partial charge in [-0.25, -0.2) is 0 Å². The molecule has 2 N–H and O–H groups in total. The Balaban J connectivity index is 2.12. The number of likely N-dealkylation sites (N-methyl/N-ethyl adjacent to an activating group) is 1. The van der Waals surface area contributed by atoms with Crippen molar-refractivity contribution in [3.05, 3.63) is 35.9 Å². The molecule has 1 fully saturated rings. The molecule has 0 heterocycles. The zero-order valence-corrected chi connectivity index (χ0v) is 12.4. The molecule has 1 aromatic rings. The summed E-state index contributed by atoms with van der Waals surface area (Å²) in [4.78, 5) is 2.01. The SMILES string of the molecule is CN(Cc1ccccc1)C1(CN)CCCC(C(F)(F)F)C1. The molecule has 0 bridgehead atoms. The Kier molecular flexibility index (Phi) is 4.94. The van der Waals surface area contributed by atoms with Gasteiger partial charge in [0.05, 0.1) is 5.92 Å². The van der Waals surface area contributed by atoms with Crippen LogP contribution in [0.3, 0.4) is 0 Å². The van der Waals surface area contributed by atoms with Gasteiger partial charge in [-0.15, -0.1) is 0 Å². The minimum Gasteiger partial charge on any atom is -0.329 e. The van der Waals surface area contributed by atoms with Crippen molar-refractivity contribution in [2.24, 2.45) is 11.7 Å². The normalized spacial score (nSPS) is 27.0. The molecule has 1 aromatic carbocycles. The highest BCUT2D eigenvalue weighted by atomic mass is 19.4. The number of rotatable bonds is 4. The quantitative estimate of drug-likeness (QED) is 0.921. The van der Waals surface area contributed by atoms with Crippen LogP contribution in [0.4, 0.5) is 13.2 Å².